The normalized spacial score (nSPS) is 16.6. The molecule has 3 aromatic rings. The van der Waals surface area contributed by atoms with Crippen molar-refractivity contribution in [3.05, 3.63) is 29.8 Å². The van der Waals surface area contributed by atoms with Crippen LogP contribution in [0, 0.1) is 18.8 Å². The Bertz CT molecular complexity index is 1050. The maximum Gasteiger partial charge on any atom is 0.164 e. The SMILES string of the molecule is CCc1nc2c(-c3cc(OC)c(OC)cc3C)ncnc2n1C(C1CC1)C1CC1. The number of fused-ring (bicyclic) bond motifs is 1. The van der Waals surface area contributed by atoms with Gasteiger partial charge in [0.25, 0.3) is 0 Å². The quantitative estimate of drug-likeness (QED) is 0.581. The van der Waals surface area contributed by atoms with Crippen LogP contribution >= 0.6 is 0 Å². The fourth-order valence-electron chi connectivity index (χ4n) is 4.63. The average Bonchev–Trinajstić information content (AvgIpc) is 3.66. The van der Waals surface area contributed by atoms with E-state index in [9.17, 15) is 0 Å². The van der Waals surface area contributed by atoms with Crippen LogP contribution in [0.1, 0.15) is 50.0 Å². The molecule has 1 aromatic carbocycles. The van der Waals surface area contributed by atoms with Gasteiger partial charge in [-0.05, 0) is 62.1 Å². The van der Waals surface area contributed by atoms with E-state index in [1.54, 1.807) is 20.5 Å². The van der Waals surface area contributed by atoms with Crippen LogP contribution in [0.3, 0.4) is 0 Å². The zero-order valence-corrected chi connectivity index (χ0v) is 17.6. The maximum absolute atomic E-state index is 5.54. The molecule has 0 saturated heterocycles. The molecule has 2 aliphatic carbocycles. The first kappa shape index (κ1) is 18.4. The van der Waals surface area contributed by atoms with Gasteiger partial charge >= 0.3 is 0 Å². The fraction of sp³-hybridized carbons (Fsp3) is 0.522. The van der Waals surface area contributed by atoms with Gasteiger partial charge in [0.15, 0.2) is 17.1 Å². The molecule has 0 N–H and O–H groups in total. The summed E-state index contributed by atoms with van der Waals surface area (Å²) in [6.45, 7) is 4.25. The topological polar surface area (TPSA) is 62.1 Å². The minimum atomic E-state index is 0.546. The molecule has 2 heterocycles. The predicted molar refractivity (Wildman–Crippen MR) is 112 cm³/mol. The van der Waals surface area contributed by atoms with Crippen LogP contribution in [-0.4, -0.2) is 33.7 Å². The number of aryl methyl sites for hydroxylation is 2. The molecule has 0 spiro atoms. The van der Waals surface area contributed by atoms with Gasteiger partial charge in [-0.2, -0.15) is 0 Å². The summed E-state index contributed by atoms with van der Waals surface area (Å²) in [5.74, 6) is 4.12. The molecular formula is C23H28N4O2. The van der Waals surface area contributed by atoms with E-state index in [2.05, 4.69) is 23.4 Å². The molecule has 152 valence electrons. The van der Waals surface area contributed by atoms with E-state index >= 15 is 0 Å². The van der Waals surface area contributed by atoms with Crippen molar-refractivity contribution in [3.8, 4) is 22.8 Å². The Morgan fingerprint density at radius 1 is 1.03 bits per heavy atom. The van der Waals surface area contributed by atoms with Crippen molar-refractivity contribution in [1.82, 2.24) is 19.5 Å². The molecule has 29 heavy (non-hydrogen) atoms. The van der Waals surface area contributed by atoms with Crippen molar-refractivity contribution in [3.63, 3.8) is 0 Å². The number of benzene rings is 1. The monoisotopic (exact) mass is 392 g/mol. The lowest BCUT2D eigenvalue weighted by atomic mass is 10.0. The van der Waals surface area contributed by atoms with Crippen molar-refractivity contribution in [1.29, 1.82) is 0 Å². The van der Waals surface area contributed by atoms with Gasteiger partial charge in [0, 0.05) is 18.0 Å². The van der Waals surface area contributed by atoms with Gasteiger partial charge in [-0.1, -0.05) is 6.92 Å². The lowest BCUT2D eigenvalue weighted by molar-refractivity contribution is 0.355. The van der Waals surface area contributed by atoms with Gasteiger partial charge in [-0.3, -0.25) is 0 Å². The first-order chi connectivity index (χ1) is 14.2. The number of imidazole rings is 1. The molecule has 2 aromatic heterocycles. The maximum atomic E-state index is 5.54. The van der Waals surface area contributed by atoms with Crippen molar-refractivity contribution in [2.45, 2.75) is 52.0 Å². The summed E-state index contributed by atoms with van der Waals surface area (Å²) >= 11 is 0. The zero-order valence-electron chi connectivity index (χ0n) is 17.6. The van der Waals surface area contributed by atoms with Gasteiger partial charge in [0.2, 0.25) is 0 Å². The second kappa shape index (κ2) is 7.01. The van der Waals surface area contributed by atoms with Crippen LogP contribution in [0.4, 0.5) is 0 Å². The summed E-state index contributed by atoms with van der Waals surface area (Å²) in [6.07, 6.45) is 7.90. The highest BCUT2D eigenvalue weighted by Gasteiger charge is 2.44. The number of methoxy groups -OCH3 is 2. The van der Waals surface area contributed by atoms with Crippen LogP contribution in [0.5, 0.6) is 11.5 Å². The molecule has 0 bridgehead atoms. The third kappa shape index (κ3) is 3.05. The summed E-state index contributed by atoms with van der Waals surface area (Å²) in [5, 5.41) is 0. The molecule has 0 atom stereocenters. The molecule has 6 heteroatoms. The van der Waals surface area contributed by atoms with Gasteiger partial charge in [-0.15, -0.1) is 0 Å². The highest BCUT2D eigenvalue weighted by Crippen LogP contribution is 2.53. The standard InChI is InChI=1S/C23H28N4O2/c1-5-19-26-21-20(16-11-18(29-4)17(28-3)10-13(16)2)24-12-25-23(21)27(19)22(14-6-7-14)15-8-9-15/h10-12,14-15,22H,5-9H2,1-4H3. The minimum Gasteiger partial charge on any atom is -0.493 e. The average molecular weight is 393 g/mol. The highest BCUT2D eigenvalue weighted by molar-refractivity contribution is 5.89. The molecule has 6 nitrogen and oxygen atoms in total. The van der Waals surface area contributed by atoms with E-state index in [-0.39, 0.29) is 0 Å². The third-order valence-electron chi connectivity index (χ3n) is 6.36. The number of nitrogens with zero attached hydrogens (tertiary/aromatic N) is 4. The van der Waals surface area contributed by atoms with E-state index in [4.69, 9.17) is 19.4 Å². The molecular weight excluding hydrogens is 364 g/mol. The zero-order chi connectivity index (χ0) is 20.1. The minimum absolute atomic E-state index is 0.546. The van der Waals surface area contributed by atoms with E-state index in [0.29, 0.717) is 11.8 Å². The van der Waals surface area contributed by atoms with Crippen molar-refractivity contribution in [2.75, 3.05) is 14.2 Å². The van der Waals surface area contributed by atoms with Crippen LogP contribution < -0.4 is 9.47 Å². The third-order valence-corrected chi connectivity index (χ3v) is 6.36. The second-order valence-electron chi connectivity index (χ2n) is 8.33. The van der Waals surface area contributed by atoms with Gasteiger partial charge in [0.05, 0.1) is 14.2 Å². The Morgan fingerprint density at radius 3 is 2.28 bits per heavy atom. The lowest BCUT2D eigenvalue weighted by Crippen LogP contribution is -2.16. The predicted octanol–water partition coefficient (Wildman–Crippen LogP) is 4.74. The van der Waals surface area contributed by atoms with Crippen molar-refractivity contribution < 1.29 is 9.47 Å². The molecule has 0 aliphatic heterocycles. The van der Waals surface area contributed by atoms with Gasteiger partial charge < -0.3 is 14.0 Å². The summed E-state index contributed by atoms with van der Waals surface area (Å²) in [7, 11) is 3.32. The van der Waals surface area contributed by atoms with Gasteiger partial charge in [-0.25, -0.2) is 15.0 Å². The number of hydrogen-bond donors (Lipinski definition) is 0. The van der Waals surface area contributed by atoms with Crippen LogP contribution in [0.25, 0.3) is 22.4 Å². The Hall–Kier alpha value is -2.63. The summed E-state index contributed by atoms with van der Waals surface area (Å²) in [6, 6.07) is 4.54. The molecule has 2 fully saturated rings. The molecule has 2 saturated carbocycles. The van der Waals surface area contributed by atoms with Crippen molar-refractivity contribution in [2.24, 2.45) is 11.8 Å². The molecule has 0 unspecified atom stereocenters. The summed E-state index contributed by atoms with van der Waals surface area (Å²) < 4.78 is 13.4. The summed E-state index contributed by atoms with van der Waals surface area (Å²) in [4.78, 5) is 14.4. The first-order valence-corrected chi connectivity index (χ1v) is 10.6. The molecule has 0 radical (unpaired) electrons. The summed E-state index contributed by atoms with van der Waals surface area (Å²) in [5.41, 5.74) is 4.83. The van der Waals surface area contributed by atoms with Crippen LogP contribution in [0.2, 0.25) is 0 Å². The van der Waals surface area contributed by atoms with E-state index in [1.807, 2.05) is 12.1 Å². The Morgan fingerprint density at radius 2 is 1.69 bits per heavy atom. The molecule has 0 amide bonds. The number of aromatic nitrogens is 4. The first-order valence-electron chi connectivity index (χ1n) is 10.6. The van der Waals surface area contributed by atoms with Crippen LogP contribution in [-0.2, 0) is 6.42 Å². The Labute approximate surface area is 171 Å². The van der Waals surface area contributed by atoms with Crippen molar-refractivity contribution >= 4 is 11.2 Å². The lowest BCUT2D eigenvalue weighted by Gasteiger charge is -2.20. The fourth-order valence-corrected chi connectivity index (χ4v) is 4.63. The van der Waals surface area contributed by atoms with E-state index in [0.717, 1.165) is 57.8 Å². The molecule has 5 rings (SSSR count). The highest BCUT2D eigenvalue weighted by atomic mass is 16.5. The second-order valence-corrected chi connectivity index (χ2v) is 8.33. The van der Waals surface area contributed by atoms with E-state index in [1.165, 1.54) is 25.7 Å². The number of ether oxygens (including phenoxy) is 2. The number of hydrogen-bond acceptors (Lipinski definition) is 5. The smallest absolute Gasteiger partial charge is 0.164 e. The van der Waals surface area contributed by atoms with E-state index < -0.39 is 0 Å². The van der Waals surface area contributed by atoms with Crippen LogP contribution in [0.15, 0.2) is 18.5 Å². The van der Waals surface area contributed by atoms with Gasteiger partial charge in [0.1, 0.15) is 23.4 Å². The Kier molecular flexibility index (Phi) is 4.45. The largest absolute Gasteiger partial charge is 0.493 e. The molecule has 2 aliphatic rings. The number of rotatable bonds is 7. The Balaban J connectivity index is 1.71.